The van der Waals surface area contributed by atoms with Gasteiger partial charge in [0.2, 0.25) is 0 Å². The Balaban J connectivity index is 1.98. The number of nitrogens with one attached hydrogen (secondary N) is 1. The van der Waals surface area contributed by atoms with Crippen molar-refractivity contribution in [3.8, 4) is 5.75 Å². The predicted molar refractivity (Wildman–Crippen MR) is 86.3 cm³/mol. The normalized spacial score (nSPS) is 21.1. The summed E-state index contributed by atoms with van der Waals surface area (Å²) in [5.74, 6) is 2.09. The fraction of sp³-hybridized carbons (Fsp3) is 0.625. The van der Waals surface area contributed by atoms with E-state index in [0.29, 0.717) is 11.5 Å². The zero-order valence-electron chi connectivity index (χ0n) is 12.8. The van der Waals surface area contributed by atoms with Crippen LogP contribution in [-0.4, -0.2) is 42.1 Å². The second-order valence-corrected chi connectivity index (χ2v) is 6.84. The highest BCUT2D eigenvalue weighted by molar-refractivity contribution is 7.85. The predicted octanol–water partition coefficient (Wildman–Crippen LogP) is 2.27. The first-order chi connectivity index (χ1) is 10.2. The summed E-state index contributed by atoms with van der Waals surface area (Å²) in [6, 6.07) is 8.06. The smallest absolute Gasteiger partial charge is 0.119 e. The third kappa shape index (κ3) is 5.09. The molecule has 1 heterocycles. The summed E-state index contributed by atoms with van der Waals surface area (Å²) in [4.78, 5) is 0. The Kier molecular flexibility index (Phi) is 6.67. The average Bonchev–Trinajstić information content (AvgIpc) is 2.99. The molecule has 0 saturated carbocycles. The molecule has 21 heavy (non-hydrogen) atoms. The van der Waals surface area contributed by atoms with Gasteiger partial charge in [0.25, 0.3) is 0 Å². The highest BCUT2D eigenvalue weighted by Crippen LogP contribution is 2.21. The highest BCUT2D eigenvalue weighted by atomic mass is 32.2. The van der Waals surface area contributed by atoms with Gasteiger partial charge in [-0.25, -0.2) is 0 Å². The van der Waals surface area contributed by atoms with E-state index in [4.69, 9.17) is 9.47 Å². The molecule has 3 atom stereocenters. The van der Waals surface area contributed by atoms with Crippen LogP contribution in [-0.2, 0) is 15.5 Å². The van der Waals surface area contributed by atoms with E-state index in [1.807, 2.05) is 18.2 Å². The van der Waals surface area contributed by atoms with E-state index in [0.717, 1.165) is 37.3 Å². The second kappa shape index (κ2) is 8.51. The lowest BCUT2D eigenvalue weighted by Crippen LogP contribution is -2.28. The van der Waals surface area contributed by atoms with Crippen molar-refractivity contribution >= 4 is 10.8 Å². The molecule has 0 aliphatic carbocycles. The molecular weight excluding hydrogens is 286 g/mol. The van der Waals surface area contributed by atoms with Gasteiger partial charge in [-0.05, 0) is 37.1 Å². The first kappa shape index (κ1) is 16.5. The third-order valence-corrected chi connectivity index (χ3v) is 5.14. The minimum atomic E-state index is -0.879. The fourth-order valence-electron chi connectivity index (χ4n) is 2.61. The van der Waals surface area contributed by atoms with Crippen LogP contribution in [0.15, 0.2) is 24.3 Å². The molecule has 0 aromatic heterocycles. The van der Waals surface area contributed by atoms with Crippen LogP contribution >= 0.6 is 0 Å². The van der Waals surface area contributed by atoms with Crippen LogP contribution < -0.4 is 10.1 Å². The number of hydrogen-bond donors (Lipinski definition) is 1. The number of benzene rings is 1. The van der Waals surface area contributed by atoms with E-state index in [2.05, 4.69) is 18.3 Å². The van der Waals surface area contributed by atoms with Gasteiger partial charge >= 0.3 is 0 Å². The van der Waals surface area contributed by atoms with Crippen molar-refractivity contribution in [1.29, 1.82) is 0 Å². The number of rotatable bonds is 8. The number of ether oxygens (including phenoxy) is 2. The summed E-state index contributed by atoms with van der Waals surface area (Å²) >= 11 is 0. The largest absolute Gasteiger partial charge is 0.497 e. The molecule has 0 bridgehead atoms. The van der Waals surface area contributed by atoms with Gasteiger partial charge in [0.05, 0.1) is 13.2 Å². The Morgan fingerprint density at radius 1 is 1.52 bits per heavy atom. The van der Waals surface area contributed by atoms with Gasteiger partial charge in [0, 0.05) is 35.0 Å². The third-order valence-electron chi connectivity index (χ3n) is 3.70. The van der Waals surface area contributed by atoms with Crippen molar-refractivity contribution in [1.82, 2.24) is 5.32 Å². The van der Waals surface area contributed by atoms with Gasteiger partial charge in [-0.15, -0.1) is 0 Å². The van der Waals surface area contributed by atoms with E-state index in [1.165, 1.54) is 0 Å². The quantitative estimate of drug-likeness (QED) is 0.800. The SMILES string of the molecule is CCNC(CS(=O)CC1CCCO1)c1cccc(OC)c1. The molecule has 1 saturated heterocycles. The molecule has 1 N–H and O–H groups in total. The number of hydrogen-bond acceptors (Lipinski definition) is 4. The van der Waals surface area contributed by atoms with Crippen LogP contribution in [0.4, 0.5) is 0 Å². The molecule has 118 valence electrons. The Hall–Kier alpha value is -0.910. The van der Waals surface area contributed by atoms with Gasteiger partial charge < -0.3 is 14.8 Å². The lowest BCUT2D eigenvalue weighted by molar-refractivity contribution is 0.128. The van der Waals surface area contributed by atoms with Gasteiger partial charge in [-0.2, -0.15) is 0 Å². The average molecular weight is 311 g/mol. The van der Waals surface area contributed by atoms with Gasteiger partial charge in [-0.1, -0.05) is 19.1 Å². The molecule has 1 aliphatic heterocycles. The molecule has 0 amide bonds. The van der Waals surface area contributed by atoms with Crippen LogP contribution in [0.2, 0.25) is 0 Å². The van der Waals surface area contributed by atoms with Crippen molar-refractivity contribution in [3.63, 3.8) is 0 Å². The molecule has 1 fully saturated rings. The maximum Gasteiger partial charge on any atom is 0.119 e. The summed E-state index contributed by atoms with van der Waals surface area (Å²) in [7, 11) is 0.785. The minimum Gasteiger partial charge on any atom is -0.497 e. The van der Waals surface area contributed by atoms with Crippen LogP contribution in [0, 0.1) is 0 Å². The van der Waals surface area contributed by atoms with Crippen molar-refractivity contribution in [2.75, 3.05) is 31.8 Å². The number of methoxy groups -OCH3 is 1. The van der Waals surface area contributed by atoms with Crippen molar-refractivity contribution < 1.29 is 13.7 Å². The summed E-state index contributed by atoms with van der Waals surface area (Å²) in [6.07, 6.45) is 2.31. The van der Waals surface area contributed by atoms with Crippen molar-refractivity contribution in [2.45, 2.75) is 31.9 Å². The van der Waals surface area contributed by atoms with E-state index in [9.17, 15) is 4.21 Å². The molecule has 0 radical (unpaired) electrons. The zero-order valence-corrected chi connectivity index (χ0v) is 13.7. The van der Waals surface area contributed by atoms with Crippen LogP contribution in [0.5, 0.6) is 5.75 Å². The maximum atomic E-state index is 12.4. The van der Waals surface area contributed by atoms with Crippen molar-refractivity contribution in [3.05, 3.63) is 29.8 Å². The molecule has 3 unspecified atom stereocenters. The summed E-state index contributed by atoms with van der Waals surface area (Å²) in [5.41, 5.74) is 1.12. The van der Waals surface area contributed by atoms with E-state index < -0.39 is 10.8 Å². The summed E-state index contributed by atoms with van der Waals surface area (Å²) in [5, 5.41) is 3.42. The summed E-state index contributed by atoms with van der Waals surface area (Å²) in [6.45, 7) is 3.73. The lowest BCUT2D eigenvalue weighted by atomic mass is 10.1. The van der Waals surface area contributed by atoms with Gasteiger partial charge in [0.15, 0.2) is 0 Å². The monoisotopic (exact) mass is 311 g/mol. The maximum absolute atomic E-state index is 12.4. The molecule has 1 aromatic carbocycles. The van der Waals surface area contributed by atoms with E-state index >= 15 is 0 Å². The first-order valence-electron chi connectivity index (χ1n) is 7.56. The second-order valence-electron chi connectivity index (χ2n) is 5.30. The van der Waals surface area contributed by atoms with E-state index in [-0.39, 0.29) is 12.1 Å². The Labute approximate surface area is 129 Å². The zero-order chi connectivity index (χ0) is 15.1. The molecular formula is C16H25NO3S. The fourth-order valence-corrected chi connectivity index (χ4v) is 4.11. The van der Waals surface area contributed by atoms with Gasteiger partial charge in [-0.3, -0.25) is 4.21 Å². The van der Waals surface area contributed by atoms with Crippen LogP contribution in [0.1, 0.15) is 31.4 Å². The highest BCUT2D eigenvalue weighted by Gasteiger charge is 2.21. The lowest BCUT2D eigenvalue weighted by Gasteiger charge is -2.19. The molecule has 1 aromatic rings. The molecule has 5 heteroatoms. The van der Waals surface area contributed by atoms with Crippen LogP contribution in [0.25, 0.3) is 0 Å². The summed E-state index contributed by atoms with van der Waals surface area (Å²) < 4.78 is 23.2. The standard InChI is InChI=1S/C16H25NO3S/c1-3-17-16(13-6-4-7-14(10-13)19-2)12-21(18)11-15-8-5-9-20-15/h4,6-7,10,15-17H,3,5,8-9,11-12H2,1-2H3. The van der Waals surface area contributed by atoms with Crippen LogP contribution in [0.3, 0.4) is 0 Å². The molecule has 2 rings (SSSR count). The Morgan fingerprint density at radius 3 is 3.05 bits per heavy atom. The Morgan fingerprint density at radius 2 is 2.38 bits per heavy atom. The minimum absolute atomic E-state index is 0.0901. The first-order valence-corrected chi connectivity index (χ1v) is 9.05. The van der Waals surface area contributed by atoms with Crippen molar-refractivity contribution in [2.24, 2.45) is 0 Å². The molecule has 0 spiro atoms. The Bertz CT molecular complexity index is 461. The van der Waals surface area contributed by atoms with E-state index in [1.54, 1.807) is 7.11 Å². The molecule has 1 aliphatic rings. The molecule has 4 nitrogen and oxygen atoms in total. The van der Waals surface area contributed by atoms with Gasteiger partial charge in [0.1, 0.15) is 5.75 Å². The topological polar surface area (TPSA) is 47.6 Å².